The van der Waals surface area contributed by atoms with Crippen molar-refractivity contribution in [3.8, 4) is 17.4 Å². The van der Waals surface area contributed by atoms with Crippen LogP contribution in [-0.2, 0) is 24.9 Å². The molecule has 2 N–H and O–H groups in total. The summed E-state index contributed by atoms with van der Waals surface area (Å²) in [4.78, 5) is 49.4. The number of rotatable bonds is 9. The van der Waals surface area contributed by atoms with E-state index in [0.29, 0.717) is 48.8 Å². The lowest BCUT2D eigenvalue weighted by atomic mass is 10.4. The van der Waals surface area contributed by atoms with Crippen molar-refractivity contribution in [2.45, 2.75) is 39.8 Å². The van der Waals surface area contributed by atoms with Gasteiger partial charge in [-0.05, 0) is 25.0 Å². The number of hydrogen-bond donors (Lipinski definition) is 2. The maximum Gasteiger partial charge on any atom is 0.332 e. The molecule has 12 heteroatoms. The highest BCUT2D eigenvalue weighted by molar-refractivity contribution is 5.91. The number of carbonyl (C=O) groups excluding carboxylic acids is 1. The Morgan fingerprint density at radius 1 is 1.12 bits per heavy atom. The van der Waals surface area contributed by atoms with Crippen molar-refractivity contribution in [3.05, 3.63) is 51.4 Å². The molecular formula is C22H26N8O4. The van der Waals surface area contributed by atoms with Gasteiger partial charge >= 0.3 is 5.69 Å². The third-order valence-corrected chi connectivity index (χ3v) is 5.17. The highest BCUT2D eigenvalue weighted by Crippen LogP contribution is 2.22. The van der Waals surface area contributed by atoms with Gasteiger partial charge in [0.1, 0.15) is 11.2 Å². The summed E-state index contributed by atoms with van der Waals surface area (Å²) in [6.45, 7) is 4.40. The monoisotopic (exact) mass is 466 g/mol. The van der Waals surface area contributed by atoms with Gasteiger partial charge in [0.2, 0.25) is 5.88 Å². The van der Waals surface area contributed by atoms with Crippen molar-refractivity contribution in [1.29, 1.82) is 0 Å². The number of carbonyl (C=O) groups is 1. The first kappa shape index (κ1) is 23.0. The maximum atomic E-state index is 12.9. The second-order valence-corrected chi connectivity index (χ2v) is 7.74. The van der Waals surface area contributed by atoms with Crippen molar-refractivity contribution in [3.63, 3.8) is 0 Å². The summed E-state index contributed by atoms with van der Waals surface area (Å²) in [6.07, 6.45) is 4.52. The Labute approximate surface area is 194 Å². The molecule has 4 heterocycles. The Hall–Kier alpha value is -4.22. The molecule has 0 fully saturated rings. The van der Waals surface area contributed by atoms with Gasteiger partial charge in [-0.15, -0.1) is 5.10 Å². The van der Waals surface area contributed by atoms with Crippen molar-refractivity contribution in [2.75, 3.05) is 11.9 Å². The van der Waals surface area contributed by atoms with Crippen LogP contribution >= 0.6 is 0 Å². The van der Waals surface area contributed by atoms with Gasteiger partial charge in [0.05, 0.1) is 0 Å². The molecule has 4 rings (SSSR count). The highest BCUT2D eigenvalue weighted by Gasteiger charge is 2.20. The van der Waals surface area contributed by atoms with E-state index in [1.807, 2.05) is 13.8 Å². The first-order valence-corrected chi connectivity index (χ1v) is 11.0. The van der Waals surface area contributed by atoms with E-state index in [-0.39, 0.29) is 29.6 Å². The molecule has 0 radical (unpaired) electrons. The molecule has 1 amide bonds. The van der Waals surface area contributed by atoms with Crippen LogP contribution in [0.4, 0.5) is 5.69 Å². The van der Waals surface area contributed by atoms with Gasteiger partial charge in [-0.3, -0.25) is 28.4 Å². The summed E-state index contributed by atoms with van der Waals surface area (Å²) in [5.41, 5.74) is 0.946. The Morgan fingerprint density at radius 3 is 2.53 bits per heavy atom. The van der Waals surface area contributed by atoms with Gasteiger partial charge < -0.3 is 15.0 Å². The van der Waals surface area contributed by atoms with Gasteiger partial charge in [0.15, 0.2) is 18.1 Å². The van der Waals surface area contributed by atoms with Gasteiger partial charge in [-0.2, -0.15) is 0 Å². The van der Waals surface area contributed by atoms with Crippen LogP contribution in [0.1, 0.15) is 26.7 Å². The molecule has 178 valence electrons. The van der Waals surface area contributed by atoms with E-state index < -0.39 is 5.56 Å². The smallest absolute Gasteiger partial charge is 0.332 e. The van der Waals surface area contributed by atoms with Crippen LogP contribution in [0.3, 0.4) is 0 Å². The van der Waals surface area contributed by atoms with E-state index in [1.54, 1.807) is 37.6 Å². The number of hydrogen-bond acceptors (Lipinski definition) is 7. The molecular weight excluding hydrogens is 440 g/mol. The summed E-state index contributed by atoms with van der Waals surface area (Å²) in [7, 11) is 1.70. The molecule has 0 aliphatic rings. The lowest BCUT2D eigenvalue weighted by Gasteiger charge is -2.09. The average Bonchev–Trinajstić information content (AvgIpc) is 3.42. The number of H-pyrrole nitrogens is 1. The number of pyridine rings is 1. The van der Waals surface area contributed by atoms with E-state index >= 15 is 0 Å². The third kappa shape index (κ3) is 4.47. The zero-order chi connectivity index (χ0) is 24.2. The number of aryl methyl sites for hydroxylation is 2. The van der Waals surface area contributed by atoms with Crippen LogP contribution in [0.2, 0.25) is 0 Å². The largest absolute Gasteiger partial charge is 0.466 e. The number of amides is 1. The van der Waals surface area contributed by atoms with Crippen molar-refractivity contribution in [1.82, 2.24) is 33.9 Å². The summed E-state index contributed by atoms with van der Waals surface area (Å²) < 4.78 is 9.81. The van der Waals surface area contributed by atoms with Gasteiger partial charge in [-0.25, -0.2) is 9.78 Å². The van der Waals surface area contributed by atoms with Gasteiger partial charge in [-0.1, -0.05) is 13.8 Å². The summed E-state index contributed by atoms with van der Waals surface area (Å²) in [5.74, 6) is 0.246. The highest BCUT2D eigenvalue weighted by atomic mass is 16.5. The molecule has 4 aromatic heterocycles. The molecule has 0 bridgehead atoms. The Morgan fingerprint density at radius 2 is 1.82 bits per heavy atom. The fourth-order valence-electron chi connectivity index (χ4n) is 3.64. The molecule has 0 aromatic carbocycles. The number of aromatic amines is 1. The maximum absolute atomic E-state index is 12.9. The molecule has 0 unspecified atom stereocenters. The number of anilines is 1. The van der Waals surface area contributed by atoms with E-state index in [4.69, 9.17) is 4.74 Å². The molecule has 0 aliphatic carbocycles. The molecule has 0 aliphatic heterocycles. The fourth-order valence-corrected chi connectivity index (χ4v) is 3.64. The topological polar surface area (TPSA) is 142 Å². The molecule has 34 heavy (non-hydrogen) atoms. The molecule has 0 saturated heterocycles. The fraction of sp³-hybridized carbons (Fsp3) is 0.364. The van der Waals surface area contributed by atoms with Crippen LogP contribution in [0.15, 0.2) is 40.2 Å². The number of aromatic nitrogens is 7. The lowest BCUT2D eigenvalue weighted by molar-refractivity contribution is -0.118. The first-order valence-electron chi connectivity index (χ1n) is 11.0. The van der Waals surface area contributed by atoms with E-state index in [1.165, 1.54) is 13.8 Å². The SMILES string of the molecule is CCCn1c(=O)c2[nH]c(-c3cc(OCC(=O)Nc4ccncc4)nn3C)nc2n(CCC)c1=O. The van der Waals surface area contributed by atoms with E-state index in [9.17, 15) is 14.4 Å². The second-order valence-electron chi connectivity index (χ2n) is 7.74. The van der Waals surface area contributed by atoms with Crippen molar-refractivity contribution in [2.24, 2.45) is 7.05 Å². The van der Waals surface area contributed by atoms with Crippen LogP contribution in [0.5, 0.6) is 5.88 Å². The lowest BCUT2D eigenvalue weighted by Crippen LogP contribution is -2.40. The molecule has 12 nitrogen and oxygen atoms in total. The van der Waals surface area contributed by atoms with Crippen LogP contribution in [-0.4, -0.2) is 46.4 Å². The summed E-state index contributed by atoms with van der Waals surface area (Å²) in [6, 6.07) is 4.96. The molecule has 4 aromatic rings. The predicted molar refractivity (Wildman–Crippen MR) is 126 cm³/mol. The number of fused-ring (bicyclic) bond motifs is 1. The zero-order valence-corrected chi connectivity index (χ0v) is 19.2. The van der Waals surface area contributed by atoms with Crippen LogP contribution in [0.25, 0.3) is 22.7 Å². The predicted octanol–water partition coefficient (Wildman–Crippen LogP) is 1.52. The second kappa shape index (κ2) is 9.73. The molecule has 0 atom stereocenters. The van der Waals surface area contributed by atoms with Crippen LogP contribution in [0, 0.1) is 0 Å². The quantitative estimate of drug-likeness (QED) is 0.381. The zero-order valence-electron chi connectivity index (χ0n) is 19.2. The number of imidazole rings is 1. The number of nitrogens with zero attached hydrogens (tertiary/aromatic N) is 6. The molecule has 0 spiro atoms. The minimum atomic E-state index is -0.403. The van der Waals surface area contributed by atoms with Gasteiger partial charge in [0, 0.05) is 44.3 Å². The standard InChI is InChI=1S/C22H26N8O4/c1-4-10-29-20-18(21(32)30(11-5-2)22(29)33)25-19(26-20)15-12-17(27-28(15)3)34-13-16(31)24-14-6-8-23-9-7-14/h6-9,12H,4-5,10-11,13H2,1-3H3,(H,25,26)(H,23,24,31). The summed E-state index contributed by atoms with van der Waals surface area (Å²) in [5, 5.41) is 6.98. The van der Waals surface area contributed by atoms with E-state index in [0.717, 1.165) is 0 Å². The normalized spacial score (nSPS) is 11.1. The van der Waals surface area contributed by atoms with Gasteiger partial charge in [0.25, 0.3) is 11.5 Å². The minimum Gasteiger partial charge on any atom is -0.466 e. The Balaban J connectivity index is 1.61. The summed E-state index contributed by atoms with van der Waals surface area (Å²) >= 11 is 0. The van der Waals surface area contributed by atoms with Crippen molar-refractivity contribution >= 4 is 22.8 Å². The Bertz CT molecular complexity index is 1430. The number of ether oxygens (including phenoxy) is 1. The Kier molecular flexibility index (Phi) is 6.57. The third-order valence-electron chi connectivity index (χ3n) is 5.17. The first-order chi connectivity index (χ1) is 16.4. The van der Waals surface area contributed by atoms with E-state index in [2.05, 4.69) is 25.4 Å². The average molecular weight is 467 g/mol. The van der Waals surface area contributed by atoms with Crippen LogP contribution < -0.4 is 21.3 Å². The van der Waals surface area contributed by atoms with Crippen molar-refractivity contribution < 1.29 is 9.53 Å². The number of nitrogens with one attached hydrogen (secondary N) is 2. The molecule has 0 saturated carbocycles. The minimum absolute atomic E-state index is 0.220.